The van der Waals surface area contributed by atoms with E-state index >= 15 is 0 Å². The third-order valence-electron chi connectivity index (χ3n) is 2.86. The molecule has 20 heavy (non-hydrogen) atoms. The van der Waals surface area contributed by atoms with E-state index in [1.807, 2.05) is 12.1 Å². The fourth-order valence-electron chi connectivity index (χ4n) is 1.79. The number of benzene rings is 1. The average Bonchev–Trinajstić information content (AvgIpc) is 2.34. The van der Waals surface area contributed by atoms with Crippen LogP contribution >= 0.6 is 11.8 Å². The Morgan fingerprint density at radius 3 is 2.35 bits per heavy atom. The fourth-order valence-corrected chi connectivity index (χ4v) is 2.57. The number of anilines is 1. The van der Waals surface area contributed by atoms with Crippen molar-refractivity contribution >= 4 is 17.4 Å². The monoisotopic (exact) mass is 305 g/mol. The van der Waals surface area contributed by atoms with Gasteiger partial charge in [0.05, 0.1) is 5.75 Å². The molecule has 1 aromatic carbocycles. The van der Waals surface area contributed by atoms with Gasteiger partial charge in [-0.1, -0.05) is 26.0 Å². The van der Waals surface area contributed by atoms with Gasteiger partial charge in [0.2, 0.25) is 0 Å². The largest absolute Gasteiger partial charge is 0.398 e. The molecular formula is C15H22F3NS. The van der Waals surface area contributed by atoms with Crippen LogP contribution in [0.3, 0.4) is 0 Å². The predicted octanol–water partition coefficient (Wildman–Crippen LogP) is 5.58. The molecule has 0 saturated heterocycles. The summed E-state index contributed by atoms with van der Waals surface area (Å²) in [5, 5.41) is 3.31. The number of nitrogens with one attached hydrogen (secondary N) is 1. The highest BCUT2D eigenvalue weighted by Crippen LogP contribution is 2.32. The molecule has 0 aliphatic heterocycles. The van der Waals surface area contributed by atoms with E-state index in [-0.39, 0.29) is 6.04 Å². The summed E-state index contributed by atoms with van der Waals surface area (Å²) < 4.78 is 36.9. The van der Waals surface area contributed by atoms with E-state index in [9.17, 15) is 13.2 Å². The second kappa shape index (κ2) is 7.81. The van der Waals surface area contributed by atoms with Gasteiger partial charge in [-0.25, -0.2) is 0 Å². The van der Waals surface area contributed by atoms with Gasteiger partial charge in [-0.05, 0) is 37.8 Å². The first-order valence-corrected chi connectivity index (χ1v) is 7.81. The molecule has 0 bridgehead atoms. The summed E-state index contributed by atoms with van der Waals surface area (Å²) in [4.78, 5) is 0.654. The normalized spacial score (nSPS) is 13.6. The molecule has 0 spiro atoms. The number of thioether (sulfide) groups is 1. The van der Waals surface area contributed by atoms with E-state index in [1.54, 1.807) is 12.1 Å². The Morgan fingerprint density at radius 1 is 1.10 bits per heavy atom. The SMILES string of the molecule is CC(C)CCC(C)Nc1ccccc1SCC(F)(F)F. The number of hydrogen-bond donors (Lipinski definition) is 1. The van der Waals surface area contributed by atoms with E-state index < -0.39 is 11.9 Å². The maximum Gasteiger partial charge on any atom is 0.398 e. The predicted molar refractivity (Wildman–Crippen MR) is 80.4 cm³/mol. The van der Waals surface area contributed by atoms with Crippen LogP contribution in [-0.2, 0) is 0 Å². The van der Waals surface area contributed by atoms with Gasteiger partial charge < -0.3 is 5.32 Å². The van der Waals surface area contributed by atoms with Crippen molar-refractivity contribution in [1.82, 2.24) is 0 Å². The van der Waals surface area contributed by atoms with Crippen molar-refractivity contribution in [3.8, 4) is 0 Å². The molecule has 0 amide bonds. The molecule has 5 heteroatoms. The Labute approximate surface area is 123 Å². The number of alkyl halides is 3. The standard InChI is InChI=1S/C15H22F3NS/c1-11(2)8-9-12(3)19-13-6-4-5-7-14(13)20-10-15(16,17)18/h4-7,11-12,19H,8-10H2,1-3H3. The highest BCUT2D eigenvalue weighted by Gasteiger charge is 2.27. The first-order chi connectivity index (χ1) is 9.28. The van der Waals surface area contributed by atoms with Crippen LogP contribution in [0, 0.1) is 5.92 Å². The fraction of sp³-hybridized carbons (Fsp3) is 0.600. The van der Waals surface area contributed by atoms with Crippen molar-refractivity contribution in [2.75, 3.05) is 11.1 Å². The topological polar surface area (TPSA) is 12.0 Å². The van der Waals surface area contributed by atoms with Crippen LogP contribution in [0.15, 0.2) is 29.2 Å². The second-order valence-electron chi connectivity index (χ2n) is 5.42. The Kier molecular flexibility index (Phi) is 6.72. The van der Waals surface area contributed by atoms with Crippen molar-refractivity contribution < 1.29 is 13.2 Å². The average molecular weight is 305 g/mol. The summed E-state index contributed by atoms with van der Waals surface area (Å²) in [7, 11) is 0. The molecule has 1 nitrogen and oxygen atoms in total. The minimum atomic E-state index is -4.14. The zero-order valence-corrected chi connectivity index (χ0v) is 12.9. The van der Waals surface area contributed by atoms with E-state index in [2.05, 4.69) is 26.1 Å². The van der Waals surface area contributed by atoms with Gasteiger partial charge in [-0.3, -0.25) is 0 Å². The highest BCUT2D eigenvalue weighted by molar-refractivity contribution is 7.99. The van der Waals surface area contributed by atoms with Crippen molar-refractivity contribution in [2.24, 2.45) is 5.92 Å². The van der Waals surface area contributed by atoms with Gasteiger partial charge >= 0.3 is 6.18 Å². The lowest BCUT2D eigenvalue weighted by Crippen LogP contribution is -2.16. The zero-order chi connectivity index (χ0) is 15.2. The Morgan fingerprint density at radius 2 is 1.75 bits per heavy atom. The lowest BCUT2D eigenvalue weighted by molar-refractivity contribution is -0.105. The molecular weight excluding hydrogens is 283 g/mol. The van der Waals surface area contributed by atoms with Gasteiger partial charge in [0, 0.05) is 16.6 Å². The molecule has 1 N–H and O–H groups in total. The van der Waals surface area contributed by atoms with Crippen molar-refractivity contribution in [3.63, 3.8) is 0 Å². The van der Waals surface area contributed by atoms with E-state index in [4.69, 9.17) is 0 Å². The molecule has 114 valence electrons. The maximum atomic E-state index is 12.3. The number of halogens is 3. The molecule has 1 aromatic rings. The van der Waals surface area contributed by atoms with Gasteiger partial charge in [0.15, 0.2) is 0 Å². The van der Waals surface area contributed by atoms with Gasteiger partial charge in [0.1, 0.15) is 0 Å². The van der Waals surface area contributed by atoms with Crippen molar-refractivity contribution in [1.29, 1.82) is 0 Å². The molecule has 0 radical (unpaired) electrons. The van der Waals surface area contributed by atoms with E-state index in [1.165, 1.54) is 0 Å². The zero-order valence-electron chi connectivity index (χ0n) is 12.1. The molecule has 0 fully saturated rings. The summed E-state index contributed by atoms with van der Waals surface area (Å²) >= 11 is 0.833. The van der Waals surface area contributed by atoms with Crippen LogP contribution in [0.25, 0.3) is 0 Å². The van der Waals surface area contributed by atoms with Crippen molar-refractivity contribution in [2.45, 2.75) is 50.7 Å². The summed E-state index contributed by atoms with van der Waals surface area (Å²) in [5.74, 6) is -0.222. The van der Waals surface area contributed by atoms with Crippen LogP contribution in [-0.4, -0.2) is 18.0 Å². The smallest absolute Gasteiger partial charge is 0.382 e. The van der Waals surface area contributed by atoms with Crippen LogP contribution in [0.1, 0.15) is 33.6 Å². The summed E-state index contributed by atoms with van der Waals surface area (Å²) in [5.41, 5.74) is 0.790. The van der Waals surface area contributed by atoms with E-state index in [0.717, 1.165) is 30.3 Å². The molecule has 0 aliphatic rings. The molecule has 0 heterocycles. The van der Waals surface area contributed by atoms with Gasteiger partial charge in [0.25, 0.3) is 0 Å². The molecule has 1 unspecified atom stereocenters. The molecule has 0 aromatic heterocycles. The lowest BCUT2D eigenvalue weighted by Gasteiger charge is -2.19. The molecule has 1 atom stereocenters. The maximum absolute atomic E-state index is 12.3. The first-order valence-electron chi connectivity index (χ1n) is 6.83. The van der Waals surface area contributed by atoms with Gasteiger partial charge in [-0.15, -0.1) is 11.8 Å². The number of hydrogen-bond acceptors (Lipinski definition) is 2. The minimum Gasteiger partial charge on any atom is -0.382 e. The van der Waals surface area contributed by atoms with Crippen LogP contribution in [0.4, 0.5) is 18.9 Å². The first kappa shape index (κ1) is 17.2. The minimum absolute atomic E-state index is 0.255. The van der Waals surface area contributed by atoms with E-state index in [0.29, 0.717) is 10.8 Å². The quantitative estimate of drug-likeness (QED) is 0.660. The van der Waals surface area contributed by atoms with Crippen LogP contribution in [0.5, 0.6) is 0 Å². The molecule has 0 aliphatic carbocycles. The lowest BCUT2D eigenvalue weighted by atomic mass is 10.0. The summed E-state index contributed by atoms with van der Waals surface area (Å²) in [6.45, 7) is 6.40. The Balaban J connectivity index is 2.60. The highest BCUT2D eigenvalue weighted by atomic mass is 32.2. The van der Waals surface area contributed by atoms with Crippen LogP contribution in [0.2, 0.25) is 0 Å². The Hall–Kier alpha value is -0.840. The molecule has 1 rings (SSSR count). The Bertz CT molecular complexity index is 404. The number of para-hydroxylation sites is 1. The third-order valence-corrected chi connectivity index (χ3v) is 4.00. The number of rotatable bonds is 7. The van der Waals surface area contributed by atoms with Crippen molar-refractivity contribution in [3.05, 3.63) is 24.3 Å². The molecule has 0 saturated carbocycles. The van der Waals surface area contributed by atoms with Gasteiger partial charge in [-0.2, -0.15) is 13.2 Å². The summed E-state index contributed by atoms with van der Waals surface area (Å²) in [6.07, 6.45) is -2.02. The third kappa shape index (κ3) is 7.08. The summed E-state index contributed by atoms with van der Waals surface area (Å²) in [6, 6.07) is 7.43. The van der Waals surface area contributed by atoms with Crippen LogP contribution < -0.4 is 5.32 Å². The second-order valence-corrected chi connectivity index (χ2v) is 6.43.